The number of carbonyl (C=O) groups excluding carboxylic acids is 1. The number of halogens is 3. The molecule has 96 valence electrons. The van der Waals surface area contributed by atoms with Crippen molar-refractivity contribution in [2.75, 3.05) is 19.8 Å². The van der Waals surface area contributed by atoms with E-state index in [1.54, 1.807) is 0 Å². The molecule has 6 heteroatoms. The molecule has 0 spiro atoms. The molecule has 0 aromatic rings. The molecule has 1 amide bonds. The number of hydrogen-bond acceptors (Lipinski definition) is 2. The molecule has 0 rings (SSSR count). The molecular weight excluding hydrogens is 223 g/mol. The van der Waals surface area contributed by atoms with Gasteiger partial charge in [-0.1, -0.05) is 20.8 Å². The van der Waals surface area contributed by atoms with Gasteiger partial charge in [0.05, 0.1) is 6.61 Å². The Morgan fingerprint density at radius 3 is 2.25 bits per heavy atom. The van der Waals surface area contributed by atoms with E-state index in [0.29, 0.717) is 6.42 Å². The molecule has 16 heavy (non-hydrogen) atoms. The van der Waals surface area contributed by atoms with Crippen LogP contribution in [-0.4, -0.2) is 31.8 Å². The Morgan fingerprint density at radius 1 is 1.25 bits per heavy atom. The molecule has 0 unspecified atom stereocenters. The van der Waals surface area contributed by atoms with E-state index < -0.39 is 12.8 Å². The quantitative estimate of drug-likeness (QED) is 0.749. The lowest BCUT2D eigenvalue weighted by atomic mass is 9.92. The van der Waals surface area contributed by atoms with Gasteiger partial charge in [0, 0.05) is 13.0 Å². The van der Waals surface area contributed by atoms with Crippen LogP contribution in [0.5, 0.6) is 0 Å². The molecule has 0 fully saturated rings. The standard InChI is InChI=1S/C10H18F3NO2/c1-9(2,3)6-8(15)14-4-5-16-7-10(11,12)13/h4-7H2,1-3H3,(H,14,15). The minimum absolute atomic E-state index is 0.102. The summed E-state index contributed by atoms with van der Waals surface area (Å²) in [5, 5.41) is 2.49. The highest BCUT2D eigenvalue weighted by Crippen LogP contribution is 2.17. The van der Waals surface area contributed by atoms with E-state index in [-0.39, 0.29) is 24.5 Å². The third-order valence-corrected chi connectivity index (χ3v) is 1.53. The van der Waals surface area contributed by atoms with Gasteiger partial charge >= 0.3 is 6.18 Å². The molecule has 0 radical (unpaired) electrons. The second-order valence-corrected chi connectivity index (χ2v) is 4.76. The molecule has 0 aliphatic heterocycles. The summed E-state index contributed by atoms with van der Waals surface area (Å²) in [6.45, 7) is 4.43. The van der Waals surface area contributed by atoms with Crippen LogP contribution in [-0.2, 0) is 9.53 Å². The molecule has 0 atom stereocenters. The number of amides is 1. The van der Waals surface area contributed by atoms with Gasteiger partial charge in [0.2, 0.25) is 5.91 Å². The number of ether oxygens (including phenoxy) is 1. The second-order valence-electron chi connectivity index (χ2n) is 4.76. The molecule has 0 heterocycles. The molecule has 0 aliphatic carbocycles. The maximum Gasteiger partial charge on any atom is 0.411 e. The van der Waals surface area contributed by atoms with Crippen LogP contribution in [0, 0.1) is 5.41 Å². The highest BCUT2D eigenvalue weighted by Gasteiger charge is 2.27. The lowest BCUT2D eigenvalue weighted by Crippen LogP contribution is -2.31. The Kier molecular flexibility index (Phi) is 5.78. The summed E-state index contributed by atoms with van der Waals surface area (Å²) in [6.07, 6.45) is -3.97. The average Bonchev–Trinajstić information content (AvgIpc) is 1.97. The fourth-order valence-corrected chi connectivity index (χ4v) is 0.995. The van der Waals surface area contributed by atoms with Crippen LogP contribution in [0.1, 0.15) is 27.2 Å². The summed E-state index contributed by atoms with van der Waals surface area (Å²) in [7, 11) is 0. The van der Waals surface area contributed by atoms with E-state index in [2.05, 4.69) is 10.1 Å². The second kappa shape index (κ2) is 6.08. The van der Waals surface area contributed by atoms with Crippen LogP contribution in [0.2, 0.25) is 0 Å². The minimum Gasteiger partial charge on any atom is -0.370 e. The maximum absolute atomic E-state index is 11.7. The molecule has 1 N–H and O–H groups in total. The number of rotatable bonds is 5. The molecule has 0 aliphatic rings. The molecule has 0 bridgehead atoms. The van der Waals surface area contributed by atoms with Crippen LogP contribution in [0.15, 0.2) is 0 Å². The average molecular weight is 241 g/mol. The Bertz CT molecular complexity index is 221. The summed E-state index contributed by atoms with van der Waals surface area (Å²) in [4.78, 5) is 11.2. The van der Waals surface area contributed by atoms with Crippen molar-refractivity contribution in [2.24, 2.45) is 5.41 Å². The highest BCUT2D eigenvalue weighted by molar-refractivity contribution is 5.76. The maximum atomic E-state index is 11.7. The Labute approximate surface area is 93.3 Å². The SMILES string of the molecule is CC(C)(C)CC(=O)NCCOCC(F)(F)F. The van der Waals surface area contributed by atoms with Crippen LogP contribution >= 0.6 is 0 Å². The summed E-state index contributed by atoms with van der Waals surface area (Å²) in [5.74, 6) is -0.178. The minimum atomic E-state index is -4.31. The number of hydrogen-bond donors (Lipinski definition) is 1. The van der Waals surface area contributed by atoms with Crippen molar-refractivity contribution in [3.63, 3.8) is 0 Å². The number of alkyl halides is 3. The zero-order chi connectivity index (χ0) is 12.8. The van der Waals surface area contributed by atoms with Crippen molar-refractivity contribution in [2.45, 2.75) is 33.4 Å². The molecule has 0 saturated carbocycles. The van der Waals surface area contributed by atoms with E-state index >= 15 is 0 Å². The third kappa shape index (κ3) is 11.3. The molecular formula is C10H18F3NO2. The smallest absolute Gasteiger partial charge is 0.370 e. The van der Waals surface area contributed by atoms with Gasteiger partial charge < -0.3 is 10.1 Å². The van der Waals surface area contributed by atoms with Crippen LogP contribution in [0.25, 0.3) is 0 Å². The topological polar surface area (TPSA) is 38.3 Å². The van der Waals surface area contributed by atoms with E-state index in [1.807, 2.05) is 20.8 Å². The summed E-state index contributed by atoms with van der Waals surface area (Å²) < 4.78 is 39.3. The van der Waals surface area contributed by atoms with E-state index in [9.17, 15) is 18.0 Å². The van der Waals surface area contributed by atoms with Gasteiger partial charge in [0.25, 0.3) is 0 Å². The van der Waals surface area contributed by atoms with E-state index in [0.717, 1.165) is 0 Å². The fourth-order valence-electron chi connectivity index (χ4n) is 0.995. The van der Waals surface area contributed by atoms with Crippen molar-refractivity contribution in [1.29, 1.82) is 0 Å². The first kappa shape index (κ1) is 15.2. The van der Waals surface area contributed by atoms with Gasteiger partial charge in [-0.05, 0) is 5.41 Å². The van der Waals surface area contributed by atoms with Gasteiger partial charge in [-0.15, -0.1) is 0 Å². The highest BCUT2D eigenvalue weighted by atomic mass is 19.4. The zero-order valence-electron chi connectivity index (χ0n) is 9.78. The number of nitrogens with one attached hydrogen (secondary N) is 1. The summed E-state index contributed by atoms with van der Waals surface area (Å²) in [5.41, 5.74) is -0.128. The predicted octanol–water partition coefficient (Wildman–Crippen LogP) is 2.12. The van der Waals surface area contributed by atoms with E-state index in [4.69, 9.17) is 0 Å². The normalized spacial score (nSPS) is 12.6. The van der Waals surface area contributed by atoms with Crippen LogP contribution in [0.3, 0.4) is 0 Å². The molecule has 0 saturated heterocycles. The van der Waals surface area contributed by atoms with Crippen molar-refractivity contribution in [1.82, 2.24) is 5.32 Å². The van der Waals surface area contributed by atoms with Crippen molar-refractivity contribution in [3.8, 4) is 0 Å². The summed E-state index contributed by atoms with van der Waals surface area (Å²) >= 11 is 0. The Balaban J connectivity index is 3.50. The predicted molar refractivity (Wildman–Crippen MR) is 54.0 cm³/mol. The largest absolute Gasteiger partial charge is 0.411 e. The Morgan fingerprint density at radius 2 is 1.81 bits per heavy atom. The number of carbonyl (C=O) groups is 1. The zero-order valence-corrected chi connectivity index (χ0v) is 9.78. The molecule has 0 aromatic carbocycles. The lowest BCUT2D eigenvalue weighted by molar-refractivity contribution is -0.173. The van der Waals surface area contributed by atoms with Crippen molar-refractivity contribution in [3.05, 3.63) is 0 Å². The fraction of sp³-hybridized carbons (Fsp3) is 0.900. The first-order chi connectivity index (χ1) is 7.10. The van der Waals surface area contributed by atoms with Crippen LogP contribution in [0.4, 0.5) is 13.2 Å². The first-order valence-corrected chi connectivity index (χ1v) is 5.01. The third-order valence-electron chi connectivity index (χ3n) is 1.53. The van der Waals surface area contributed by atoms with Crippen LogP contribution < -0.4 is 5.32 Å². The van der Waals surface area contributed by atoms with Gasteiger partial charge in [0.15, 0.2) is 0 Å². The van der Waals surface area contributed by atoms with Crippen molar-refractivity contribution < 1.29 is 22.7 Å². The summed E-state index contributed by atoms with van der Waals surface area (Å²) in [6, 6.07) is 0. The van der Waals surface area contributed by atoms with E-state index in [1.165, 1.54) is 0 Å². The molecule has 3 nitrogen and oxygen atoms in total. The monoisotopic (exact) mass is 241 g/mol. The van der Waals surface area contributed by atoms with Gasteiger partial charge in [-0.25, -0.2) is 0 Å². The van der Waals surface area contributed by atoms with Gasteiger partial charge in [-0.3, -0.25) is 4.79 Å². The Hall–Kier alpha value is -0.780. The van der Waals surface area contributed by atoms with Gasteiger partial charge in [-0.2, -0.15) is 13.2 Å². The lowest BCUT2D eigenvalue weighted by Gasteiger charge is -2.17. The van der Waals surface area contributed by atoms with Crippen molar-refractivity contribution >= 4 is 5.91 Å². The first-order valence-electron chi connectivity index (χ1n) is 5.01. The van der Waals surface area contributed by atoms with Gasteiger partial charge in [0.1, 0.15) is 6.61 Å². The molecule has 0 aromatic heterocycles.